The quantitative estimate of drug-likeness (QED) is 0.320. The van der Waals surface area contributed by atoms with E-state index in [0.29, 0.717) is 38.2 Å². The summed E-state index contributed by atoms with van der Waals surface area (Å²) in [6, 6.07) is 15.2. The lowest BCUT2D eigenvalue weighted by molar-refractivity contribution is 0.0994. The van der Waals surface area contributed by atoms with Crippen molar-refractivity contribution < 1.29 is 23.5 Å². The molecule has 2 amide bonds. The second-order valence-corrected chi connectivity index (χ2v) is 8.33. The molecule has 0 fully saturated rings. The number of amides is 2. The van der Waals surface area contributed by atoms with Crippen LogP contribution in [0.4, 0.5) is 10.8 Å². The summed E-state index contributed by atoms with van der Waals surface area (Å²) in [5.41, 5.74) is 2.43. The van der Waals surface area contributed by atoms with Crippen LogP contribution in [0.2, 0.25) is 0 Å². The fourth-order valence-electron chi connectivity index (χ4n) is 2.97. The number of ether oxygens (including phenoxy) is 2. The zero-order valence-corrected chi connectivity index (χ0v) is 20.0. The molecule has 0 saturated heterocycles. The summed E-state index contributed by atoms with van der Waals surface area (Å²) >= 11 is 4.47. The molecule has 2 heterocycles. The van der Waals surface area contributed by atoms with E-state index in [1.54, 1.807) is 56.7 Å². The Bertz CT molecular complexity index is 1300. The maximum atomic E-state index is 12.6. The first-order valence-electron chi connectivity index (χ1n) is 9.63. The number of furan rings is 1. The minimum atomic E-state index is -0.387. The average molecular weight is 528 g/mol. The lowest BCUT2D eigenvalue weighted by Crippen LogP contribution is -2.13. The Labute approximate surface area is 201 Å². The SMILES string of the molecule is COc1ccc(-c2csc(NC(=O)c3ccc(NC(=O)c4ccc(Br)o4)cc3)n2)c(OC)c1. The first-order valence-corrected chi connectivity index (χ1v) is 11.3. The van der Waals surface area contributed by atoms with Crippen LogP contribution >= 0.6 is 27.3 Å². The molecule has 4 rings (SSSR count). The van der Waals surface area contributed by atoms with Gasteiger partial charge in [-0.15, -0.1) is 11.3 Å². The smallest absolute Gasteiger partial charge is 0.291 e. The van der Waals surface area contributed by atoms with E-state index in [-0.39, 0.29) is 17.6 Å². The van der Waals surface area contributed by atoms with E-state index in [1.165, 1.54) is 11.3 Å². The zero-order valence-electron chi connectivity index (χ0n) is 17.5. The van der Waals surface area contributed by atoms with Crippen molar-refractivity contribution in [3.8, 4) is 22.8 Å². The van der Waals surface area contributed by atoms with Crippen LogP contribution in [0, 0.1) is 0 Å². The number of aromatic nitrogens is 1. The van der Waals surface area contributed by atoms with Gasteiger partial charge in [-0.3, -0.25) is 14.9 Å². The van der Waals surface area contributed by atoms with Crippen molar-refractivity contribution in [2.75, 3.05) is 24.9 Å². The summed E-state index contributed by atoms with van der Waals surface area (Å²) in [6.45, 7) is 0. The van der Waals surface area contributed by atoms with Gasteiger partial charge in [0, 0.05) is 28.3 Å². The largest absolute Gasteiger partial charge is 0.497 e. The Hall–Kier alpha value is -3.63. The molecule has 168 valence electrons. The molecule has 4 aromatic rings. The van der Waals surface area contributed by atoms with E-state index in [1.807, 2.05) is 17.5 Å². The van der Waals surface area contributed by atoms with Crippen LogP contribution in [0.25, 0.3) is 11.3 Å². The number of thiazole rings is 1. The van der Waals surface area contributed by atoms with Crippen molar-refractivity contribution in [3.63, 3.8) is 0 Å². The van der Waals surface area contributed by atoms with Crippen molar-refractivity contribution in [3.05, 3.63) is 76.0 Å². The highest BCUT2D eigenvalue weighted by molar-refractivity contribution is 9.10. The monoisotopic (exact) mass is 527 g/mol. The third-order valence-electron chi connectivity index (χ3n) is 4.61. The molecule has 0 aliphatic rings. The van der Waals surface area contributed by atoms with E-state index < -0.39 is 0 Å². The molecule has 2 N–H and O–H groups in total. The van der Waals surface area contributed by atoms with Gasteiger partial charge >= 0.3 is 0 Å². The molecule has 10 heteroatoms. The number of carbonyl (C=O) groups excluding carboxylic acids is 2. The van der Waals surface area contributed by atoms with E-state index in [0.717, 1.165) is 5.56 Å². The molecule has 2 aromatic heterocycles. The highest BCUT2D eigenvalue weighted by Crippen LogP contribution is 2.35. The van der Waals surface area contributed by atoms with Gasteiger partial charge < -0.3 is 19.2 Å². The van der Waals surface area contributed by atoms with Crippen molar-refractivity contribution in [1.29, 1.82) is 0 Å². The van der Waals surface area contributed by atoms with Crippen LogP contribution in [0.15, 0.2) is 69.1 Å². The first kappa shape index (κ1) is 22.6. The van der Waals surface area contributed by atoms with Crippen LogP contribution in [0.1, 0.15) is 20.9 Å². The molecule has 0 atom stereocenters. The van der Waals surface area contributed by atoms with Gasteiger partial charge in [-0.05, 0) is 64.5 Å². The second kappa shape index (κ2) is 9.88. The van der Waals surface area contributed by atoms with E-state index in [9.17, 15) is 9.59 Å². The highest BCUT2D eigenvalue weighted by atomic mass is 79.9. The second-order valence-electron chi connectivity index (χ2n) is 6.69. The Balaban J connectivity index is 1.42. The van der Waals surface area contributed by atoms with Crippen LogP contribution in [-0.2, 0) is 0 Å². The van der Waals surface area contributed by atoms with Crippen LogP contribution in [0.3, 0.4) is 0 Å². The number of rotatable bonds is 7. The standard InChI is InChI=1S/C23H18BrN3O5S/c1-30-15-7-8-16(19(11-15)31-2)17-12-33-23(26-17)27-21(28)13-3-5-14(6-4-13)25-22(29)18-9-10-20(24)32-18/h3-12H,1-2H3,(H,25,29)(H,26,27,28). The summed E-state index contributed by atoms with van der Waals surface area (Å²) in [4.78, 5) is 29.3. The molecule has 0 aliphatic carbocycles. The van der Waals surface area contributed by atoms with Gasteiger partial charge in [-0.2, -0.15) is 0 Å². The normalized spacial score (nSPS) is 10.5. The number of hydrogen-bond donors (Lipinski definition) is 2. The van der Waals surface area contributed by atoms with E-state index in [4.69, 9.17) is 13.9 Å². The first-order chi connectivity index (χ1) is 16.0. The van der Waals surface area contributed by atoms with Crippen LogP contribution < -0.4 is 20.1 Å². The Kier molecular flexibility index (Phi) is 6.76. The molecular weight excluding hydrogens is 510 g/mol. The zero-order chi connectivity index (χ0) is 23.4. The minimum Gasteiger partial charge on any atom is -0.497 e. The fourth-order valence-corrected chi connectivity index (χ4v) is 3.98. The Morgan fingerprint density at radius 2 is 1.76 bits per heavy atom. The van der Waals surface area contributed by atoms with Crippen molar-refractivity contribution in [2.45, 2.75) is 0 Å². The maximum Gasteiger partial charge on any atom is 0.291 e. The lowest BCUT2D eigenvalue weighted by atomic mass is 10.1. The van der Waals surface area contributed by atoms with Gasteiger partial charge in [0.1, 0.15) is 11.5 Å². The molecule has 0 bridgehead atoms. The molecule has 0 radical (unpaired) electrons. The van der Waals surface area contributed by atoms with Crippen molar-refractivity contribution >= 4 is 49.9 Å². The lowest BCUT2D eigenvalue weighted by Gasteiger charge is -2.08. The highest BCUT2D eigenvalue weighted by Gasteiger charge is 2.15. The van der Waals surface area contributed by atoms with Gasteiger partial charge in [0.25, 0.3) is 11.8 Å². The molecule has 0 unspecified atom stereocenters. The van der Waals surface area contributed by atoms with Crippen LogP contribution in [-0.4, -0.2) is 31.0 Å². The number of anilines is 2. The Morgan fingerprint density at radius 1 is 0.970 bits per heavy atom. The van der Waals surface area contributed by atoms with Crippen molar-refractivity contribution in [1.82, 2.24) is 4.98 Å². The summed E-state index contributed by atoms with van der Waals surface area (Å²) in [5, 5.41) is 7.80. The number of hydrogen-bond acceptors (Lipinski definition) is 7. The average Bonchev–Trinajstić information content (AvgIpc) is 3.48. The molecule has 8 nitrogen and oxygen atoms in total. The topological polar surface area (TPSA) is 103 Å². The number of nitrogens with zero attached hydrogens (tertiary/aromatic N) is 1. The number of nitrogens with one attached hydrogen (secondary N) is 2. The number of methoxy groups -OCH3 is 2. The summed E-state index contributed by atoms with van der Waals surface area (Å²) < 4.78 is 16.3. The van der Waals surface area contributed by atoms with Crippen LogP contribution in [0.5, 0.6) is 11.5 Å². The molecule has 0 saturated carbocycles. The molecular formula is C23H18BrN3O5S. The minimum absolute atomic E-state index is 0.178. The number of carbonyl (C=O) groups is 2. The molecule has 0 spiro atoms. The predicted molar refractivity (Wildman–Crippen MR) is 129 cm³/mol. The summed E-state index contributed by atoms with van der Waals surface area (Å²) in [5.74, 6) is 0.775. The predicted octanol–water partition coefficient (Wildman–Crippen LogP) is 5.69. The molecule has 0 aliphatic heterocycles. The summed E-state index contributed by atoms with van der Waals surface area (Å²) in [6.07, 6.45) is 0. The number of benzene rings is 2. The van der Waals surface area contributed by atoms with Gasteiger partial charge in [-0.25, -0.2) is 4.98 Å². The Morgan fingerprint density at radius 3 is 2.42 bits per heavy atom. The number of halogens is 1. The third kappa shape index (κ3) is 5.24. The third-order valence-corrected chi connectivity index (χ3v) is 5.80. The van der Waals surface area contributed by atoms with E-state index in [2.05, 4.69) is 31.5 Å². The van der Waals surface area contributed by atoms with Crippen molar-refractivity contribution in [2.24, 2.45) is 0 Å². The molecule has 33 heavy (non-hydrogen) atoms. The summed E-state index contributed by atoms with van der Waals surface area (Å²) in [7, 11) is 3.16. The van der Waals surface area contributed by atoms with Gasteiger partial charge in [0.15, 0.2) is 15.6 Å². The van der Waals surface area contributed by atoms with Gasteiger partial charge in [0.05, 0.1) is 19.9 Å². The maximum absolute atomic E-state index is 12.6. The van der Waals surface area contributed by atoms with Gasteiger partial charge in [-0.1, -0.05) is 0 Å². The van der Waals surface area contributed by atoms with E-state index >= 15 is 0 Å². The van der Waals surface area contributed by atoms with Gasteiger partial charge in [0.2, 0.25) is 0 Å². The molecule has 2 aromatic carbocycles. The fraction of sp³-hybridized carbons (Fsp3) is 0.0870.